The molecule has 1 atom stereocenters. The largest absolute Gasteiger partial charge is 0.326 e. The standard InChI is InChI=1S/C22H23N3O2S2/c1-15(26)21-9-16(12-29-21)10-25-8-2-3-18(11-25)22(27)24-19-6-4-17(5-7-19)20-13-28-14-23-20/h4-7,9,12-14,18H,2-3,8,10-11H2,1H3,(H,24,27)/t18-/m1/s1. The second-order valence-corrected chi connectivity index (χ2v) is 9.02. The molecule has 0 spiro atoms. The maximum atomic E-state index is 12.8. The summed E-state index contributed by atoms with van der Waals surface area (Å²) in [6, 6.07) is 9.81. The molecule has 0 radical (unpaired) electrons. The van der Waals surface area contributed by atoms with E-state index < -0.39 is 0 Å². The Kier molecular flexibility index (Phi) is 6.18. The van der Waals surface area contributed by atoms with Crippen molar-refractivity contribution in [3.63, 3.8) is 0 Å². The second-order valence-electron chi connectivity index (χ2n) is 7.39. The number of benzene rings is 1. The molecule has 4 rings (SSSR count). The minimum Gasteiger partial charge on any atom is -0.326 e. The van der Waals surface area contributed by atoms with Gasteiger partial charge < -0.3 is 5.32 Å². The Bertz CT molecular complexity index is 980. The van der Waals surface area contributed by atoms with Crippen molar-refractivity contribution < 1.29 is 9.59 Å². The summed E-state index contributed by atoms with van der Waals surface area (Å²) in [6.07, 6.45) is 1.91. The van der Waals surface area contributed by atoms with E-state index in [0.717, 1.165) is 59.9 Å². The Morgan fingerprint density at radius 3 is 2.76 bits per heavy atom. The zero-order chi connectivity index (χ0) is 20.2. The Labute approximate surface area is 178 Å². The monoisotopic (exact) mass is 425 g/mol. The molecule has 1 amide bonds. The molecule has 1 aromatic carbocycles. The zero-order valence-electron chi connectivity index (χ0n) is 16.3. The first-order valence-corrected chi connectivity index (χ1v) is 11.5. The molecule has 3 aromatic rings. The first-order valence-electron chi connectivity index (χ1n) is 9.68. The molecule has 0 aliphatic carbocycles. The van der Waals surface area contributed by atoms with Crippen molar-refractivity contribution in [1.82, 2.24) is 9.88 Å². The van der Waals surface area contributed by atoms with Gasteiger partial charge in [-0.2, -0.15) is 0 Å². The number of likely N-dealkylation sites (tertiary alicyclic amines) is 1. The van der Waals surface area contributed by atoms with E-state index in [1.165, 1.54) is 11.3 Å². The quantitative estimate of drug-likeness (QED) is 0.569. The van der Waals surface area contributed by atoms with Crippen LogP contribution in [0.2, 0.25) is 0 Å². The molecule has 1 aliphatic heterocycles. The van der Waals surface area contributed by atoms with E-state index in [4.69, 9.17) is 0 Å². The van der Waals surface area contributed by atoms with Crippen LogP contribution in [0.25, 0.3) is 11.3 Å². The average molecular weight is 426 g/mol. The maximum absolute atomic E-state index is 12.8. The second kappa shape index (κ2) is 8.98. The van der Waals surface area contributed by atoms with Crippen LogP contribution < -0.4 is 5.32 Å². The predicted molar refractivity (Wildman–Crippen MR) is 119 cm³/mol. The van der Waals surface area contributed by atoms with Crippen molar-refractivity contribution >= 4 is 40.1 Å². The van der Waals surface area contributed by atoms with E-state index in [2.05, 4.69) is 15.2 Å². The third-order valence-corrected chi connectivity index (χ3v) is 6.83. The lowest BCUT2D eigenvalue weighted by Gasteiger charge is -2.31. The number of piperidine rings is 1. The normalized spacial score (nSPS) is 17.2. The SMILES string of the molecule is CC(=O)c1cc(CN2CCC[C@@H](C(=O)Nc3ccc(-c4cscn4)cc3)C2)cs1. The summed E-state index contributed by atoms with van der Waals surface area (Å²) >= 11 is 3.07. The lowest BCUT2D eigenvalue weighted by molar-refractivity contribution is -0.121. The molecular formula is C22H23N3O2S2. The molecular weight excluding hydrogens is 402 g/mol. The Hall–Kier alpha value is -2.35. The highest BCUT2D eigenvalue weighted by Crippen LogP contribution is 2.24. The van der Waals surface area contributed by atoms with Gasteiger partial charge in [-0.25, -0.2) is 4.98 Å². The molecule has 1 fully saturated rings. The highest BCUT2D eigenvalue weighted by Gasteiger charge is 2.26. The molecule has 1 saturated heterocycles. The molecule has 29 heavy (non-hydrogen) atoms. The van der Waals surface area contributed by atoms with Crippen molar-refractivity contribution in [3.8, 4) is 11.3 Å². The fourth-order valence-corrected chi connectivity index (χ4v) is 5.01. The van der Waals surface area contributed by atoms with Crippen LogP contribution >= 0.6 is 22.7 Å². The molecule has 2 aromatic heterocycles. The fraction of sp³-hybridized carbons (Fsp3) is 0.318. The van der Waals surface area contributed by atoms with Crippen LogP contribution in [0.5, 0.6) is 0 Å². The molecule has 0 saturated carbocycles. The van der Waals surface area contributed by atoms with Gasteiger partial charge in [-0.05, 0) is 55.5 Å². The van der Waals surface area contributed by atoms with E-state index in [1.807, 2.05) is 46.6 Å². The van der Waals surface area contributed by atoms with E-state index in [0.29, 0.717) is 0 Å². The summed E-state index contributed by atoms with van der Waals surface area (Å²) < 4.78 is 0. The number of hydrogen-bond donors (Lipinski definition) is 1. The lowest BCUT2D eigenvalue weighted by atomic mass is 9.96. The number of carbonyl (C=O) groups excluding carboxylic acids is 2. The molecule has 150 valence electrons. The van der Waals surface area contributed by atoms with Gasteiger partial charge in [0.15, 0.2) is 5.78 Å². The van der Waals surface area contributed by atoms with Gasteiger partial charge in [0, 0.05) is 29.7 Å². The third-order valence-electron chi connectivity index (χ3n) is 5.16. The van der Waals surface area contributed by atoms with Crippen LogP contribution in [-0.4, -0.2) is 34.7 Å². The summed E-state index contributed by atoms with van der Waals surface area (Å²) in [4.78, 5) is 31.7. The number of ketones is 1. The first kappa shape index (κ1) is 19.9. The summed E-state index contributed by atoms with van der Waals surface area (Å²) in [6.45, 7) is 4.11. The van der Waals surface area contributed by atoms with Crippen LogP contribution in [0.4, 0.5) is 5.69 Å². The smallest absolute Gasteiger partial charge is 0.228 e. The molecule has 3 heterocycles. The van der Waals surface area contributed by atoms with Crippen molar-refractivity contribution in [3.05, 3.63) is 57.0 Å². The van der Waals surface area contributed by atoms with Crippen LogP contribution in [0.15, 0.2) is 46.6 Å². The number of thiophene rings is 1. The fourth-order valence-electron chi connectivity index (χ4n) is 3.64. The van der Waals surface area contributed by atoms with Gasteiger partial charge in [-0.15, -0.1) is 22.7 Å². The van der Waals surface area contributed by atoms with Gasteiger partial charge in [0.1, 0.15) is 0 Å². The molecule has 1 N–H and O–H groups in total. The first-order chi connectivity index (χ1) is 14.1. The summed E-state index contributed by atoms with van der Waals surface area (Å²) in [7, 11) is 0. The third kappa shape index (κ3) is 4.98. The van der Waals surface area contributed by atoms with Crippen LogP contribution in [0.1, 0.15) is 35.0 Å². The minimum atomic E-state index is -0.0205. The number of hydrogen-bond acceptors (Lipinski definition) is 6. The Morgan fingerprint density at radius 2 is 2.07 bits per heavy atom. The van der Waals surface area contributed by atoms with E-state index in [-0.39, 0.29) is 17.6 Å². The zero-order valence-corrected chi connectivity index (χ0v) is 17.9. The Morgan fingerprint density at radius 1 is 1.24 bits per heavy atom. The number of anilines is 1. The van der Waals surface area contributed by atoms with Gasteiger partial charge in [-0.1, -0.05) is 12.1 Å². The lowest BCUT2D eigenvalue weighted by Crippen LogP contribution is -2.40. The van der Waals surface area contributed by atoms with Crippen LogP contribution in [0, 0.1) is 5.92 Å². The summed E-state index contributed by atoms with van der Waals surface area (Å²) in [5.74, 6) is 0.164. The molecule has 5 nitrogen and oxygen atoms in total. The van der Waals surface area contributed by atoms with Crippen molar-refractivity contribution in [2.45, 2.75) is 26.3 Å². The van der Waals surface area contributed by atoms with Crippen LogP contribution in [0.3, 0.4) is 0 Å². The van der Waals surface area contributed by atoms with E-state index in [1.54, 1.807) is 18.3 Å². The number of Topliss-reactive ketones (excluding diaryl/α,β-unsaturated/α-hetero) is 1. The van der Waals surface area contributed by atoms with Gasteiger partial charge in [-0.3, -0.25) is 14.5 Å². The van der Waals surface area contributed by atoms with Gasteiger partial charge in [0.25, 0.3) is 0 Å². The number of carbonyl (C=O) groups is 2. The molecule has 0 bridgehead atoms. The van der Waals surface area contributed by atoms with Crippen molar-refractivity contribution in [1.29, 1.82) is 0 Å². The van der Waals surface area contributed by atoms with Gasteiger partial charge in [0.2, 0.25) is 5.91 Å². The molecule has 7 heteroatoms. The predicted octanol–water partition coefficient (Wildman–Crippen LogP) is 4.92. The summed E-state index contributed by atoms with van der Waals surface area (Å²) in [5, 5.41) is 7.12. The number of aromatic nitrogens is 1. The average Bonchev–Trinajstić information content (AvgIpc) is 3.41. The number of amides is 1. The highest BCUT2D eigenvalue weighted by atomic mass is 32.1. The number of nitrogens with zero attached hydrogens (tertiary/aromatic N) is 2. The van der Waals surface area contributed by atoms with E-state index >= 15 is 0 Å². The number of thiazole rings is 1. The summed E-state index contributed by atoms with van der Waals surface area (Å²) in [5.41, 5.74) is 5.79. The van der Waals surface area contributed by atoms with Crippen LogP contribution in [-0.2, 0) is 11.3 Å². The maximum Gasteiger partial charge on any atom is 0.228 e. The van der Waals surface area contributed by atoms with Gasteiger partial charge >= 0.3 is 0 Å². The molecule has 0 unspecified atom stereocenters. The van der Waals surface area contributed by atoms with Crippen molar-refractivity contribution in [2.24, 2.45) is 5.92 Å². The minimum absolute atomic E-state index is 0.0205. The van der Waals surface area contributed by atoms with Gasteiger partial charge in [0.05, 0.1) is 22.0 Å². The Balaban J connectivity index is 1.34. The number of rotatable bonds is 6. The van der Waals surface area contributed by atoms with E-state index in [9.17, 15) is 9.59 Å². The topological polar surface area (TPSA) is 62.3 Å². The highest BCUT2D eigenvalue weighted by molar-refractivity contribution is 7.12. The molecule has 1 aliphatic rings. The van der Waals surface area contributed by atoms with Crippen molar-refractivity contribution in [2.75, 3.05) is 18.4 Å². The number of nitrogens with one attached hydrogen (secondary N) is 1.